The summed E-state index contributed by atoms with van der Waals surface area (Å²) in [6.07, 6.45) is 8.14. The van der Waals surface area contributed by atoms with Gasteiger partial charge in [0, 0.05) is 37.8 Å². The van der Waals surface area contributed by atoms with Crippen LogP contribution in [0.5, 0.6) is 0 Å². The van der Waals surface area contributed by atoms with Gasteiger partial charge in [0.25, 0.3) is 0 Å². The normalized spacial score (nSPS) is 31.3. The van der Waals surface area contributed by atoms with E-state index in [4.69, 9.17) is 4.74 Å². The lowest BCUT2D eigenvalue weighted by Gasteiger charge is -2.48. The van der Waals surface area contributed by atoms with Crippen molar-refractivity contribution in [1.29, 1.82) is 0 Å². The minimum Gasteiger partial charge on any atom is -0.383 e. The first-order valence-corrected chi connectivity index (χ1v) is 13.4. The molecule has 4 aliphatic rings. The second kappa shape index (κ2) is 8.63. The molecule has 0 spiro atoms. The summed E-state index contributed by atoms with van der Waals surface area (Å²) in [6.45, 7) is 12.7. The number of hydrogen-bond acceptors (Lipinski definition) is 4. The Kier molecular flexibility index (Phi) is 5.69. The summed E-state index contributed by atoms with van der Waals surface area (Å²) in [5.74, 6) is 1.20. The van der Waals surface area contributed by atoms with Crippen LogP contribution in [-0.4, -0.2) is 42.3 Å². The molecule has 35 heavy (non-hydrogen) atoms. The van der Waals surface area contributed by atoms with E-state index in [1.54, 1.807) is 0 Å². The zero-order chi connectivity index (χ0) is 24.2. The SMILES string of the molecule is CC1(C)C2CC[C@@](C)(C2)[C@@H]1C1NC=Cc2c1c(=O)cc(-c1ccccc1)n2CCN1CCOCC1. The first-order chi connectivity index (χ1) is 16.9. The molecule has 1 saturated heterocycles. The molecule has 2 bridgehead atoms. The standard InChI is InChI=1S/C30H39N3O2/c1-29(2)22-9-11-30(3,20-22)28(29)27-26-23(10-12-31-27)33(14-13-32-15-17-35-18-16-32)24(19-25(26)34)21-7-5-4-6-8-21/h4-8,10,12,19,22,27-28,31H,9,11,13-18,20H2,1-3H3/t22?,27?,28-,30+/m1/s1. The van der Waals surface area contributed by atoms with Crippen molar-refractivity contribution in [2.45, 2.75) is 52.6 Å². The third-order valence-corrected chi connectivity index (χ3v) is 9.75. The van der Waals surface area contributed by atoms with Crippen LogP contribution in [0.1, 0.15) is 57.3 Å². The molecule has 2 aliphatic carbocycles. The molecule has 4 atom stereocenters. The van der Waals surface area contributed by atoms with E-state index in [1.165, 1.54) is 19.3 Å². The monoisotopic (exact) mass is 473 g/mol. The summed E-state index contributed by atoms with van der Waals surface area (Å²) in [7, 11) is 0. The van der Waals surface area contributed by atoms with Crippen molar-refractivity contribution in [3.8, 4) is 11.3 Å². The highest BCUT2D eigenvalue weighted by Gasteiger charge is 2.62. The first kappa shape index (κ1) is 23.1. The van der Waals surface area contributed by atoms with Gasteiger partial charge in [0.1, 0.15) is 0 Å². The number of ether oxygens (including phenoxy) is 1. The Balaban J connectivity index is 1.46. The molecule has 1 aromatic heterocycles. The molecule has 186 valence electrons. The van der Waals surface area contributed by atoms with Gasteiger partial charge in [0.05, 0.1) is 30.6 Å². The molecule has 2 unspecified atom stereocenters. The van der Waals surface area contributed by atoms with Gasteiger partial charge < -0.3 is 14.6 Å². The molecule has 2 saturated carbocycles. The van der Waals surface area contributed by atoms with E-state index in [0.717, 1.165) is 67.8 Å². The predicted octanol–water partition coefficient (Wildman–Crippen LogP) is 4.92. The zero-order valence-electron chi connectivity index (χ0n) is 21.4. The second-order valence-electron chi connectivity index (χ2n) is 12.0. The Morgan fingerprint density at radius 1 is 1.09 bits per heavy atom. The molecule has 3 heterocycles. The number of nitrogens with one attached hydrogen (secondary N) is 1. The van der Waals surface area contributed by atoms with E-state index in [0.29, 0.717) is 5.92 Å². The van der Waals surface area contributed by atoms with Crippen LogP contribution >= 0.6 is 0 Å². The lowest BCUT2D eigenvalue weighted by Crippen LogP contribution is -2.46. The minimum absolute atomic E-state index is 0.0623. The van der Waals surface area contributed by atoms with Crippen LogP contribution in [0.3, 0.4) is 0 Å². The highest BCUT2D eigenvalue weighted by molar-refractivity contribution is 5.65. The van der Waals surface area contributed by atoms with Crippen molar-refractivity contribution in [2.75, 3.05) is 32.8 Å². The van der Waals surface area contributed by atoms with Crippen LogP contribution in [0, 0.1) is 22.7 Å². The Morgan fingerprint density at radius 3 is 2.57 bits per heavy atom. The molecule has 6 rings (SSSR count). The van der Waals surface area contributed by atoms with E-state index in [9.17, 15) is 4.79 Å². The van der Waals surface area contributed by atoms with Gasteiger partial charge in [-0.15, -0.1) is 0 Å². The molecule has 3 fully saturated rings. The smallest absolute Gasteiger partial charge is 0.188 e. The minimum atomic E-state index is 0.0623. The van der Waals surface area contributed by atoms with Crippen molar-refractivity contribution in [2.24, 2.45) is 22.7 Å². The molecule has 0 radical (unpaired) electrons. The lowest BCUT2D eigenvalue weighted by atomic mass is 9.59. The molecule has 0 amide bonds. The Morgan fingerprint density at radius 2 is 1.86 bits per heavy atom. The predicted molar refractivity (Wildman–Crippen MR) is 141 cm³/mol. The summed E-state index contributed by atoms with van der Waals surface area (Å²) in [5.41, 5.74) is 4.87. The number of aromatic nitrogens is 1. The van der Waals surface area contributed by atoms with E-state index in [-0.39, 0.29) is 22.3 Å². The summed E-state index contributed by atoms with van der Waals surface area (Å²) in [4.78, 5) is 16.4. The van der Waals surface area contributed by atoms with E-state index >= 15 is 0 Å². The molecular formula is C30H39N3O2. The molecule has 2 aliphatic heterocycles. The number of pyridine rings is 1. The van der Waals surface area contributed by atoms with Gasteiger partial charge in [0.2, 0.25) is 0 Å². The van der Waals surface area contributed by atoms with E-state index < -0.39 is 0 Å². The average Bonchev–Trinajstić information content (AvgIpc) is 3.35. The lowest BCUT2D eigenvalue weighted by molar-refractivity contribution is 0.0362. The Labute approximate surface area is 209 Å². The first-order valence-electron chi connectivity index (χ1n) is 13.4. The fourth-order valence-corrected chi connectivity index (χ4v) is 8.08. The third kappa shape index (κ3) is 3.79. The largest absolute Gasteiger partial charge is 0.383 e. The van der Waals surface area contributed by atoms with Crippen LogP contribution in [0.25, 0.3) is 17.3 Å². The van der Waals surface area contributed by atoms with Crippen molar-refractivity contribution < 1.29 is 4.74 Å². The van der Waals surface area contributed by atoms with Crippen molar-refractivity contribution in [3.63, 3.8) is 0 Å². The van der Waals surface area contributed by atoms with E-state index in [1.807, 2.05) is 12.1 Å². The van der Waals surface area contributed by atoms with Gasteiger partial charge in [-0.2, -0.15) is 0 Å². The van der Waals surface area contributed by atoms with Gasteiger partial charge in [-0.25, -0.2) is 0 Å². The summed E-state index contributed by atoms with van der Waals surface area (Å²) < 4.78 is 7.98. The van der Waals surface area contributed by atoms with Crippen LogP contribution in [0.15, 0.2) is 47.4 Å². The summed E-state index contributed by atoms with van der Waals surface area (Å²) >= 11 is 0. The Bertz CT molecular complexity index is 1170. The van der Waals surface area contributed by atoms with Crippen LogP contribution < -0.4 is 10.7 Å². The molecule has 2 aromatic rings. The van der Waals surface area contributed by atoms with Gasteiger partial charge in [-0.1, -0.05) is 51.1 Å². The topological polar surface area (TPSA) is 46.5 Å². The maximum absolute atomic E-state index is 13.9. The van der Waals surface area contributed by atoms with Crippen molar-refractivity contribution >= 4 is 6.08 Å². The number of rotatable bonds is 5. The van der Waals surface area contributed by atoms with Gasteiger partial charge >= 0.3 is 0 Å². The van der Waals surface area contributed by atoms with Crippen LogP contribution in [-0.2, 0) is 11.3 Å². The maximum Gasteiger partial charge on any atom is 0.188 e. The highest BCUT2D eigenvalue weighted by Crippen LogP contribution is 2.69. The molecular weight excluding hydrogens is 434 g/mol. The Hall–Kier alpha value is -2.37. The van der Waals surface area contributed by atoms with Crippen molar-refractivity contribution in [1.82, 2.24) is 14.8 Å². The third-order valence-electron chi connectivity index (χ3n) is 9.75. The fourth-order valence-electron chi connectivity index (χ4n) is 8.08. The number of benzene rings is 1. The maximum atomic E-state index is 13.9. The zero-order valence-corrected chi connectivity index (χ0v) is 21.4. The highest BCUT2D eigenvalue weighted by atomic mass is 16.5. The number of fused-ring (bicyclic) bond motifs is 3. The number of morpholine rings is 1. The number of nitrogens with zero attached hydrogens (tertiary/aromatic N) is 2. The number of hydrogen-bond donors (Lipinski definition) is 1. The molecule has 1 N–H and O–H groups in total. The van der Waals surface area contributed by atoms with Gasteiger partial charge in [0.15, 0.2) is 5.43 Å². The van der Waals surface area contributed by atoms with Crippen molar-refractivity contribution in [3.05, 3.63) is 64.1 Å². The molecule has 5 heteroatoms. The average molecular weight is 474 g/mol. The summed E-state index contributed by atoms with van der Waals surface area (Å²) in [6, 6.07) is 12.4. The van der Waals surface area contributed by atoms with Crippen LogP contribution in [0.4, 0.5) is 0 Å². The van der Waals surface area contributed by atoms with Crippen LogP contribution in [0.2, 0.25) is 0 Å². The molecule has 1 aromatic carbocycles. The van der Waals surface area contributed by atoms with Gasteiger partial charge in [-0.05, 0) is 59.8 Å². The fraction of sp³-hybridized carbons (Fsp3) is 0.567. The van der Waals surface area contributed by atoms with Gasteiger partial charge in [-0.3, -0.25) is 9.69 Å². The molecule has 5 nitrogen and oxygen atoms in total. The second-order valence-corrected chi connectivity index (χ2v) is 12.0. The van der Waals surface area contributed by atoms with E-state index in [2.05, 4.69) is 72.1 Å². The summed E-state index contributed by atoms with van der Waals surface area (Å²) in [5, 5.41) is 3.69. The quantitative estimate of drug-likeness (QED) is 0.669.